The zero-order chi connectivity index (χ0) is 17.9. The highest BCUT2D eigenvalue weighted by Gasteiger charge is 2.35. The Labute approximate surface area is 133 Å². The molecule has 2 aromatic carbocycles. The van der Waals surface area contributed by atoms with Crippen molar-refractivity contribution < 1.29 is 32.4 Å². The number of benzene rings is 2. The summed E-state index contributed by atoms with van der Waals surface area (Å²) in [7, 11) is 1.28. The quantitative estimate of drug-likeness (QED) is 0.365. The van der Waals surface area contributed by atoms with Gasteiger partial charge < -0.3 is 9.47 Å². The Kier molecular flexibility index (Phi) is 4.72. The number of nitrogens with zero attached hydrogens (tertiary/aromatic N) is 1. The minimum absolute atomic E-state index is 0.136. The molecule has 0 saturated heterocycles. The fourth-order valence-electron chi connectivity index (χ4n) is 1.92. The Balaban J connectivity index is 2.40. The van der Waals surface area contributed by atoms with Gasteiger partial charge in [0.2, 0.25) is 5.75 Å². The number of carbonyl (C=O) groups is 1. The second kappa shape index (κ2) is 6.57. The smallest absolute Gasteiger partial charge is 0.417 e. The van der Waals surface area contributed by atoms with Gasteiger partial charge in [-0.25, -0.2) is 4.79 Å². The third-order valence-corrected chi connectivity index (χ3v) is 3.02. The normalized spacial score (nSPS) is 11.0. The number of methoxy groups -OCH3 is 1. The van der Waals surface area contributed by atoms with Crippen molar-refractivity contribution in [3.63, 3.8) is 0 Å². The standard InChI is InChI=1S/C15H10F3NO5/c1-23-9-6-7-13(12(8-9)19(21)22)24-14(20)10-4-2-3-5-11(10)15(16,17)18/h2-8H,1H3. The van der Waals surface area contributed by atoms with Gasteiger partial charge in [-0.3, -0.25) is 10.1 Å². The minimum Gasteiger partial charge on any atom is -0.496 e. The molecule has 9 heteroatoms. The summed E-state index contributed by atoms with van der Waals surface area (Å²) >= 11 is 0. The van der Waals surface area contributed by atoms with Gasteiger partial charge in [0.1, 0.15) is 5.75 Å². The second-order valence-electron chi connectivity index (χ2n) is 4.52. The van der Waals surface area contributed by atoms with Gasteiger partial charge in [-0.1, -0.05) is 12.1 Å². The van der Waals surface area contributed by atoms with E-state index in [4.69, 9.17) is 9.47 Å². The minimum atomic E-state index is -4.76. The predicted octanol–water partition coefficient (Wildman–Crippen LogP) is 3.84. The van der Waals surface area contributed by atoms with Gasteiger partial charge in [-0.2, -0.15) is 13.2 Å². The van der Waals surface area contributed by atoms with Crippen molar-refractivity contribution in [1.82, 2.24) is 0 Å². The van der Waals surface area contributed by atoms with E-state index in [0.29, 0.717) is 0 Å². The fourth-order valence-corrected chi connectivity index (χ4v) is 1.92. The number of halogens is 3. The molecule has 0 aromatic heterocycles. The van der Waals surface area contributed by atoms with Gasteiger partial charge in [-0.15, -0.1) is 0 Å². The monoisotopic (exact) mass is 341 g/mol. The average Bonchev–Trinajstić information content (AvgIpc) is 2.54. The lowest BCUT2D eigenvalue weighted by Crippen LogP contribution is -2.17. The first-order valence-corrected chi connectivity index (χ1v) is 6.45. The van der Waals surface area contributed by atoms with Crippen LogP contribution in [0.3, 0.4) is 0 Å². The van der Waals surface area contributed by atoms with Crippen LogP contribution in [0.15, 0.2) is 42.5 Å². The number of hydrogen-bond donors (Lipinski definition) is 0. The summed E-state index contributed by atoms with van der Waals surface area (Å²) in [6.07, 6.45) is -4.76. The zero-order valence-electron chi connectivity index (χ0n) is 12.2. The lowest BCUT2D eigenvalue weighted by Gasteiger charge is -2.12. The molecule has 0 amide bonds. The van der Waals surface area contributed by atoms with E-state index in [-0.39, 0.29) is 5.75 Å². The molecule has 24 heavy (non-hydrogen) atoms. The van der Waals surface area contributed by atoms with E-state index >= 15 is 0 Å². The predicted molar refractivity (Wildman–Crippen MR) is 76.1 cm³/mol. The van der Waals surface area contributed by atoms with E-state index in [9.17, 15) is 28.1 Å². The third-order valence-electron chi connectivity index (χ3n) is 3.02. The Hall–Kier alpha value is -3.10. The van der Waals surface area contributed by atoms with Gasteiger partial charge in [0.25, 0.3) is 0 Å². The first kappa shape index (κ1) is 17.3. The summed E-state index contributed by atoms with van der Waals surface area (Å²) in [4.78, 5) is 22.2. The molecule has 0 spiro atoms. The van der Waals surface area contributed by atoms with Gasteiger partial charge in [0.15, 0.2) is 0 Å². The lowest BCUT2D eigenvalue weighted by molar-refractivity contribution is -0.385. The Morgan fingerprint density at radius 2 is 1.83 bits per heavy atom. The van der Waals surface area contributed by atoms with Gasteiger partial charge in [0.05, 0.1) is 29.2 Å². The highest BCUT2D eigenvalue weighted by molar-refractivity contribution is 5.93. The van der Waals surface area contributed by atoms with E-state index < -0.39 is 39.6 Å². The van der Waals surface area contributed by atoms with Crippen molar-refractivity contribution in [2.24, 2.45) is 0 Å². The fraction of sp³-hybridized carbons (Fsp3) is 0.133. The Bertz CT molecular complexity index is 789. The van der Waals surface area contributed by atoms with Crippen LogP contribution in [-0.2, 0) is 6.18 Å². The number of nitro benzene ring substituents is 1. The molecule has 0 aliphatic heterocycles. The molecule has 0 N–H and O–H groups in total. The number of esters is 1. The van der Waals surface area contributed by atoms with Crippen LogP contribution in [0.25, 0.3) is 0 Å². The van der Waals surface area contributed by atoms with Gasteiger partial charge in [-0.05, 0) is 24.3 Å². The van der Waals surface area contributed by atoms with E-state index in [0.717, 1.165) is 30.3 Å². The van der Waals surface area contributed by atoms with Crippen LogP contribution < -0.4 is 9.47 Å². The van der Waals surface area contributed by atoms with Crippen molar-refractivity contribution in [2.45, 2.75) is 6.18 Å². The van der Waals surface area contributed by atoms with E-state index in [1.807, 2.05) is 0 Å². The number of hydrogen-bond acceptors (Lipinski definition) is 5. The molecule has 2 rings (SSSR count). The maximum Gasteiger partial charge on any atom is 0.417 e. The molecular formula is C15H10F3NO5. The van der Waals surface area contributed by atoms with Gasteiger partial charge >= 0.3 is 17.8 Å². The largest absolute Gasteiger partial charge is 0.496 e. The lowest BCUT2D eigenvalue weighted by atomic mass is 10.1. The number of alkyl halides is 3. The van der Waals surface area contributed by atoms with Crippen LogP contribution in [0.2, 0.25) is 0 Å². The molecule has 0 atom stereocenters. The van der Waals surface area contributed by atoms with E-state index in [1.54, 1.807) is 0 Å². The number of rotatable bonds is 4. The molecule has 2 aromatic rings. The molecule has 6 nitrogen and oxygen atoms in total. The first-order chi connectivity index (χ1) is 11.2. The van der Waals surface area contributed by atoms with E-state index in [2.05, 4.69) is 0 Å². The second-order valence-corrected chi connectivity index (χ2v) is 4.52. The number of carbonyl (C=O) groups excluding carboxylic acids is 1. The summed E-state index contributed by atoms with van der Waals surface area (Å²) in [6, 6.07) is 7.36. The first-order valence-electron chi connectivity index (χ1n) is 6.45. The van der Waals surface area contributed by atoms with Crippen LogP contribution in [0, 0.1) is 10.1 Å². The molecule has 0 aliphatic carbocycles. The summed E-state index contributed by atoms with van der Waals surface area (Å²) in [6.45, 7) is 0. The van der Waals surface area contributed by atoms with Crippen molar-refractivity contribution in [1.29, 1.82) is 0 Å². The summed E-state index contributed by atoms with van der Waals surface area (Å²) in [5.74, 6) is -1.70. The average molecular weight is 341 g/mol. The van der Waals surface area contributed by atoms with Crippen LogP contribution >= 0.6 is 0 Å². The molecule has 126 valence electrons. The van der Waals surface area contributed by atoms with Crippen LogP contribution in [0.5, 0.6) is 11.5 Å². The number of ether oxygens (including phenoxy) is 2. The molecular weight excluding hydrogens is 331 g/mol. The SMILES string of the molecule is COc1ccc(OC(=O)c2ccccc2C(F)(F)F)c([N+](=O)[O-])c1. The van der Waals surface area contributed by atoms with Crippen LogP contribution in [0.4, 0.5) is 18.9 Å². The molecule has 0 aliphatic rings. The van der Waals surface area contributed by atoms with E-state index in [1.165, 1.54) is 19.2 Å². The maximum absolute atomic E-state index is 12.9. The van der Waals surface area contributed by atoms with Crippen LogP contribution in [-0.4, -0.2) is 18.0 Å². The zero-order valence-corrected chi connectivity index (χ0v) is 12.2. The Morgan fingerprint density at radius 3 is 2.42 bits per heavy atom. The summed E-state index contributed by atoms with van der Waals surface area (Å²) in [5, 5.41) is 11.0. The Morgan fingerprint density at radius 1 is 1.17 bits per heavy atom. The highest BCUT2D eigenvalue weighted by Crippen LogP contribution is 2.34. The van der Waals surface area contributed by atoms with Crippen LogP contribution in [0.1, 0.15) is 15.9 Å². The summed E-state index contributed by atoms with van der Waals surface area (Å²) in [5.41, 5.74) is -2.53. The third kappa shape index (κ3) is 3.62. The van der Waals surface area contributed by atoms with Crippen molar-refractivity contribution >= 4 is 11.7 Å². The molecule has 0 bridgehead atoms. The van der Waals surface area contributed by atoms with Crippen molar-refractivity contribution in [3.8, 4) is 11.5 Å². The molecule has 0 heterocycles. The van der Waals surface area contributed by atoms with Gasteiger partial charge in [0, 0.05) is 0 Å². The van der Waals surface area contributed by atoms with Crippen molar-refractivity contribution in [2.75, 3.05) is 7.11 Å². The molecule has 0 fully saturated rings. The number of nitro groups is 1. The maximum atomic E-state index is 12.9. The molecule has 0 radical (unpaired) electrons. The highest BCUT2D eigenvalue weighted by atomic mass is 19.4. The molecule has 0 unspecified atom stereocenters. The topological polar surface area (TPSA) is 78.7 Å². The summed E-state index contributed by atoms with van der Waals surface area (Å²) < 4.78 is 48.4. The van der Waals surface area contributed by atoms with Crippen molar-refractivity contribution in [3.05, 3.63) is 63.7 Å². The molecule has 0 saturated carbocycles.